The SMILES string of the molecule is CN(CCOc1ccccc1Cl)CC(=O)NCC(C)(C)N1CCOCC1. The molecule has 1 aliphatic heterocycles. The molecule has 1 fully saturated rings. The minimum Gasteiger partial charge on any atom is -0.491 e. The van der Waals surface area contributed by atoms with E-state index in [2.05, 4.69) is 24.1 Å². The molecule has 1 aromatic rings. The Morgan fingerprint density at radius 2 is 2.04 bits per heavy atom. The summed E-state index contributed by atoms with van der Waals surface area (Å²) in [5.41, 5.74) is -0.0782. The number of morpholine rings is 1. The lowest BCUT2D eigenvalue weighted by Crippen LogP contribution is -2.56. The maximum atomic E-state index is 12.2. The number of benzene rings is 1. The molecule has 146 valence electrons. The van der Waals surface area contributed by atoms with Gasteiger partial charge in [0.15, 0.2) is 0 Å². The van der Waals surface area contributed by atoms with Crippen molar-refractivity contribution in [3.63, 3.8) is 0 Å². The van der Waals surface area contributed by atoms with E-state index in [-0.39, 0.29) is 11.4 Å². The quantitative estimate of drug-likeness (QED) is 0.705. The lowest BCUT2D eigenvalue weighted by molar-refractivity contribution is -0.122. The number of hydrogen-bond acceptors (Lipinski definition) is 5. The molecule has 0 radical (unpaired) electrons. The number of para-hydroxylation sites is 1. The zero-order valence-electron chi connectivity index (χ0n) is 16.0. The van der Waals surface area contributed by atoms with E-state index in [0.717, 1.165) is 26.3 Å². The van der Waals surface area contributed by atoms with Crippen LogP contribution in [0.25, 0.3) is 0 Å². The fourth-order valence-electron chi connectivity index (χ4n) is 2.85. The van der Waals surface area contributed by atoms with Crippen LogP contribution >= 0.6 is 11.6 Å². The van der Waals surface area contributed by atoms with Gasteiger partial charge in [-0.25, -0.2) is 0 Å². The highest BCUT2D eigenvalue weighted by molar-refractivity contribution is 6.32. The summed E-state index contributed by atoms with van der Waals surface area (Å²) in [7, 11) is 1.91. The normalized spacial score (nSPS) is 15.9. The Labute approximate surface area is 161 Å². The third-order valence-corrected chi connectivity index (χ3v) is 4.88. The van der Waals surface area contributed by atoms with E-state index in [1.165, 1.54) is 0 Å². The van der Waals surface area contributed by atoms with Gasteiger partial charge in [0.25, 0.3) is 0 Å². The minimum atomic E-state index is -0.0782. The Morgan fingerprint density at radius 1 is 1.35 bits per heavy atom. The van der Waals surface area contributed by atoms with Gasteiger partial charge in [-0.05, 0) is 33.0 Å². The second-order valence-electron chi connectivity index (χ2n) is 7.21. The van der Waals surface area contributed by atoms with Crippen molar-refractivity contribution in [3.05, 3.63) is 29.3 Å². The lowest BCUT2D eigenvalue weighted by atomic mass is 10.0. The summed E-state index contributed by atoms with van der Waals surface area (Å²) in [5, 5.41) is 3.64. The monoisotopic (exact) mass is 383 g/mol. The van der Waals surface area contributed by atoms with Gasteiger partial charge in [0.05, 0.1) is 24.8 Å². The summed E-state index contributed by atoms with van der Waals surface area (Å²) in [4.78, 5) is 16.5. The maximum absolute atomic E-state index is 12.2. The zero-order chi connectivity index (χ0) is 19.0. The number of ether oxygens (including phenoxy) is 2. The predicted molar refractivity (Wildman–Crippen MR) is 104 cm³/mol. The third kappa shape index (κ3) is 6.76. The molecule has 0 saturated carbocycles. The van der Waals surface area contributed by atoms with Crippen molar-refractivity contribution in [2.24, 2.45) is 0 Å². The minimum absolute atomic E-state index is 0.0200. The molecule has 0 spiro atoms. The van der Waals surface area contributed by atoms with E-state index in [1.807, 2.05) is 30.1 Å². The predicted octanol–water partition coefficient (Wildman–Crippen LogP) is 1.88. The van der Waals surface area contributed by atoms with Gasteiger partial charge in [0.1, 0.15) is 12.4 Å². The van der Waals surface area contributed by atoms with Crippen LogP contribution in [-0.4, -0.2) is 80.8 Å². The number of likely N-dealkylation sites (N-methyl/N-ethyl adjacent to an activating group) is 1. The van der Waals surface area contributed by atoms with Crippen molar-refractivity contribution in [2.75, 3.05) is 59.6 Å². The molecule has 0 aliphatic carbocycles. The number of nitrogens with zero attached hydrogens (tertiary/aromatic N) is 2. The first kappa shape index (κ1) is 21.0. The number of carbonyl (C=O) groups is 1. The van der Waals surface area contributed by atoms with Gasteiger partial charge in [-0.3, -0.25) is 14.6 Å². The molecule has 7 heteroatoms. The summed E-state index contributed by atoms with van der Waals surface area (Å²) >= 11 is 6.06. The van der Waals surface area contributed by atoms with Crippen LogP contribution < -0.4 is 10.1 Å². The Bertz CT molecular complexity index is 577. The fourth-order valence-corrected chi connectivity index (χ4v) is 3.04. The highest BCUT2D eigenvalue weighted by atomic mass is 35.5. The smallest absolute Gasteiger partial charge is 0.234 e. The van der Waals surface area contributed by atoms with Gasteiger partial charge in [0, 0.05) is 31.7 Å². The third-order valence-electron chi connectivity index (χ3n) is 4.57. The molecule has 6 nitrogen and oxygen atoms in total. The molecular weight excluding hydrogens is 354 g/mol. The summed E-state index contributed by atoms with van der Waals surface area (Å²) in [6, 6.07) is 7.38. The molecule has 0 aromatic heterocycles. The van der Waals surface area contributed by atoms with Crippen LogP contribution in [-0.2, 0) is 9.53 Å². The summed E-state index contributed by atoms with van der Waals surface area (Å²) in [6.45, 7) is 9.71. The number of halogens is 1. The van der Waals surface area contributed by atoms with E-state index in [9.17, 15) is 4.79 Å². The van der Waals surface area contributed by atoms with Crippen LogP contribution in [0.15, 0.2) is 24.3 Å². The average molecular weight is 384 g/mol. The summed E-state index contributed by atoms with van der Waals surface area (Å²) < 4.78 is 11.1. The molecular formula is C19H30ClN3O3. The molecule has 1 aliphatic rings. The Balaban J connectivity index is 1.66. The second kappa shape index (κ2) is 10.1. The Hall–Kier alpha value is -1.34. The van der Waals surface area contributed by atoms with Crippen molar-refractivity contribution < 1.29 is 14.3 Å². The molecule has 1 heterocycles. The van der Waals surface area contributed by atoms with Gasteiger partial charge in [0.2, 0.25) is 5.91 Å². The van der Waals surface area contributed by atoms with E-state index < -0.39 is 0 Å². The number of nitrogens with one attached hydrogen (secondary N) is 1. The zero-order valence-corrected chi connectivity index (χ0v) is 16.7. The molecule has 2 rings (SSSR count). The van der Waals surface area contributed by atoms with Gasteiger partial charge < -0.3 is 14.8 Å². The number of carbonyl (C=O) groups excluding carboxylic acids is 1. The van der Waals surface area contributed by atoms with Crippen LogP contribution in [0.5, 0.6) is 5.75 Å². The van der Waals surface area contributed by atoms with Crippen LogP contribution in [0.1, 0.15) is 13.8 Å². The first-order valence-corrected chi connectivity index (χ1v) is 9.41. The molecule has 1 aromatic carbocycles. The van der Waals surface area contributed by atoms with Crippen molar-refractivity contribution in [3.8, 4) is 5.75 Å². The average Bonchev–Trinajstić information content (AvgIpc) is 2.62. The van der Waals surface area contributed by atoms with Crippen molar-refractivity contribution in [1.82, 2.24) is 15.1 Å². The van der Waals surface area contributed by atoms with Crippen molar-refractivity contribution in [1.29, 1.82) is 0 Å². The topological polar surface area (TPSA) is 54.0 Å². The largest absolute Gasteiger partial charge is 0.491 e. The van der Waals surface area contributed by atoms with Crippen LogP contribution in [0.4, 0.5) is 0 Å². The lowest BCUT2D eigenvalue weighted by Gasteiger charge is -2.40. The molecule has 1 saturated heterocycles. The van der Waals surface area contributed by atoms with E-state index >= 15 is 0 Å². The fraction of sp³-hybridized carbons (Fsp3) is 0.632. The second-order valence-corrected chi connectivity index (χ2v) is 7.61. The van der Waals surface area contributed by atoms with Crippen LogP contribution in [0, 0.1) is 0 Å². The first-order valence-electron chi connectivity index (χ1n) is 9.04. The molecule has 0 atom stereocenters. The van der Waals surface area contributed by atoms with Gasteiger partial charge >= 0.3 is 0 Å². The number of hydrogen-bond donors (Lipinski definition) is 1. The maximum Gasteiger partial charge on any atom is 0.234 e. The van der Waals surface area contributed by atoms with Crippen molar-refractivity contribution >= 4 is 17.5 Å². The van der Waals surface area contributed by atoms with Gasteiger partial charge in [-0.2, -0.15) is 0 Å². The Kier molecular flexibility index (Phi) is 8.15. The molecule has 1 amide bonds. The Morgan fingerprint density at radius 3 is 2.73 bits per heavy atom. The van der Waals surface area contributed by atoms with Gasteiger partial charge in [-0.1, -0.05) is 23.7 Å². The molecule has 0 bridgehead atoms. The summed E-state index contributed by atoms with van der Waals surface area (Å²) in [5.74, 6) is 0.686. The van der Waals surface area contributed by atoms with E-state index in [4.69, 9.17) is 21.1 Å². The first-order chi connectivity index (χ1) is 12.4. The molecule has 26 heavy (non-hydrogen) atoms. The van der Waals surface area contributed by atoms with Crippen LogP contribution in [0.2, 0.25) is 5.02 Å². The number of rotatable bonds is 9. The summed E-state index contributed by atoms with van der Waals surface area (Å²) in [6.07, 6.45) is 0. The standard InChI is InChI=1S/C19H30ClN3O3/c1-19(2,23-9-11-25-12-10-23)15-21-18(24)14-22(3)8-13-26-17-7-5-4-6-16(17)20/h4-7H,8-15H2,1-3H3,(H,21,24). The molecule has 0 unspecified atom stereocenters. The molecule has 1 N–H and O–H groups in total. The van der Waals surface area contributed by atoms with Crippen molar-refractivity contribution in [2.45, 2.75) is 19.4 Å². The van der Waals surface area contributed by atoms with E-state index in [1.54, 1.807) is 6.07 Å². The highest BCUT2D eigenvalue weighted by Gasteiger charge is 2.28. The highest BCUT2D eigenvalue weighted by Crippen LogP contribution is 2.22. The van der Waals surface area contributed by atoms with E-state index in [0.29, 0.717) is 37.0 Å². The van der Waals surface area contributed by atoms with Crippen LogP contribution in [0.3, 0.4) is 0 Å². The van der Waals surface area contributed by atoms with Gasteiger partial charge in [-0.15, -0.1) is 0 Å². The number of amides is 1.